The van der Waals surface area contributed by atoms with Gasteiger partial charge < -0.3 is 10.2 Å². The summed E-state index contributed by atoms with van der Waals surface area (Å²) in [6.45, 7) is 6.92. The molecule has 0 spiro atoms. The molecule has 1 aromatic heterocycles. The number of nitrogens with one attached hydrogen (secondary N) is 1. The first kappa shape index (κ1) is 18.9. The van der Waals surface area contributed by atoms with Gasteiger partial charge in [0.1, 0.15) is 0 Å². The lowest BCUT2D eigenvalue weighted by Crippen LogP contribution is -2.39. The van der Waals surface area contributed by atoms with E-state index in [1.54, 1.807) is 11.3 Å². The van der Waals surface area contributed by atoms with Gasteiger partial charge in [-0.05, 0) is 64.4 Å². The lowest BCUT2D eigenvalue weighted by molar-refractivity contribution is -0.120. The molecule has 1 aliphatic heterocycles. The molecule has 1 saturated heterocycles. The fraction of sp³-hybridized carbons (Fsp3) is 0.500. The Balaban J connectivity index is 1.54. The Morgan fingerprint density at radius 2 is 1.96 bits per heavy atom. The minimum Gasteiger partial charge on any atom is -0.372 e. The molecule has 1 aromatic carbocycles. The van der Waals surface area contributed by atoms with Crippen LogP contribution in [0.25, 0.3) is 0 Å². The fourth-order valence-corrected chi connectivity index (χ4v) is 4.07. The highest BCUT2D eigenvalue weighted by atomic mass is 32.1. The fourth-order valence-electron chi connectivity index (χ4n) is 3.22. The zero-order chi connectivity index (χ0) is 18.5. The molecule has 6 heteroatoms. The number of amides is 1. The van der Waals surface area contributed by atoms with Crippen molar-refractivity contribution < 1.29 is 4.79 Å². The second kappa shape index (κ2) is 8.64. The number of benzene rings is 1. The van der Waals surface area contributed by atoms with E-state index in [0.29, 0.717) is 0 Å². The highest BCUT2D eigenvalue weighted by Gasteiger charge is 2.19. The third-order valence-corrected chi connectivity index (χ3v) is 5.87. The summed E-state index contributed by atoms with van der Waals surface area (Å²) in [5.74, 6) is 0.0134. The maximum absolute atomic E-state index is 12.6. The van der Waals surface area contributed by atoms with Crippen LogP contribution in [0, 0.1) is 6.92 Å². The molecule has 0 saturated carbocycles. The maximum Gasteiger partial charge on any atom is 0.241 e. The van der Waals surface area contributed by atoms with E-state index >= 15 is 0 Å². The molecule has 1 atom stereocenters. The van der Waals surface area contributed by atoms with Crippen LogP contribution in [0.5, 0.6) is 0 Å². The van der Waals surface area contributed by atoms with Gasteiger partial charge in [0.15, 0.2) is 0 Å². The normalized spacial score (nSPS) is 15.9. The van der Waals surface area contributed by atoms with Gasteiger partial charge in [0.05, 0.1) is 11.0 Å². The summed E-state index contributed by atoms with van der Waals surface area (Å²) in [7, 11) is 1.97. The van der Waals surface area contributed by atoms with Crippen molar-refractivity contribution in [3.05, 3.63) is 40.3 Å². The quantitative estimate of drug-likeness (QED) is 0.835. The number of hydrogen-bond acceptors (Lipinski definition) is 5. The lowest BCUT2D eigenvalue weighted by atomic mass is 10.1. The molecule has 140 valence electrons. The Hall–Kier alpha value is -1.92. The average molecular weight is 373 g/mol. The van der Waals surface area contributed by atoms with E-state index < -0.39 is 0 Å². The Bertz CT molecular complexity index is 722. The van der Waals surface area contributed by atoms with E-state index in [9.17, 15) is 4.79 Å². The van der Waals surface area contributed by atoms with Crippen LogP contribution in [0.15, 0.2) is 30.5 Å². The monoisotopic (exact) mass is 372 g/mol. The third-order valence-electron chi connectivity index (χ3n) is 4.97. The molecular weight excluding hydrogens is 344 g/mol. The lowest BCUT2D eigenvalue weighted by Gasteiger charge is -2.29. The van der Waals surface area contributed by atoms with Crippen LogP contribution in [0.3, 0.4) is 0 Å². The van der Waals surface area contributed by atoms with Crippen molar-refractivity contribution in [2.24, 2.45) is 0 Å². The molecule has 0 bridgehead atoms. The van der Waals surface area contributed by atoms with E-state index in [0.717, 1.165) is 30.3 Å². The van der Waals surface area contributed by atoms with Crippen molar-refractivity contribution >= 4 is 28.6 Å². The van der Waals surface area contributed by atoms with Crippen LogP contribution < -0.4 is 10.2 Å². The molecule has 0 radical (unpaired) electrons. The molecule has 1 unspecified atom stereocenters. The Morgan fingerprint density at radius 3 is 2.58 bits per heavy atom. The van der Waals surface area contributed by atoms with E-state index in [4.69, 9.17) is 0 Å². The number of aryl methyl sites for hydroxylation is 1. The molecule has 1 amide bonds. The van der Waals surface area contributed by atoms with Gasteiger partial charge in [0.2, 0.25) is 5.91 Å². The second-order valence-corrected chi connectivity index (χ2v) is 8.34. The van der Waals surface area contributed by atoms with E-state index in [2.05, 4.69) is 27.3 Å². The molecule has 1 aliphatic rings. The number of hydrogen-bond donors (Lipinski definition) is 1. The Morgan fingerprint density at radius 1 is 1.27 bits per heavy atom. The third kappa shape index (κ3) is 4.83. The first-order valence-electron chi connectivity index (χ1n) is 9.30. The zero-order valence-corrected chi connectivity index (χ0v) is 16.7. The number of anilines is 2. The largest absolute Gasteiger partial charge is 0.372 e. The van der Waals surface area contributed by atoms with Gasteiger partial charge in [-0.3, -0.25) is 9.69 Å². The van der Waals surface area contributed by atoms with Crippen molar-refractivity contribution in [1.29, 1.82) is 0 Å². The molecule has 5 nitrogen and oxygen atoms in total. The van der Waals surface area contributed by atoms with E-state index in [-0.39, 0.29) is 11.9 Å². The molecular formula is C20H28N4OS. The van der Waals surface area contributed by atoms with Crippen LogP contribution in [0.4, 0.5) is 11.4 Å². The van der Waals surface area contributed by atoms with Gasteiger partial charge in [0, 0.05) is 42.1 Å². The number of rotatable bonds is 6. The van der Waals surface area contributed by atoms with Gasteiger partial charge in [-0.2, -0.15) is 0 Å². The summed E-state index contributed by atoms with van der Waals surface area (Å²) < 4.78 is 0. The molecule has 26 heavy (non-hydrogen) atoms. The van der Waals surface area contributed by atoms with Gasteiger partial charge in [-0.1, -0.05) is 0 Å². The predicted molar refractivity (Wildman–Crippen MR) is 109 cm³/mol. The number of nitrogens with zero attached hydrogens (tertiary/aromatic N) is 3. The van der Waals surface area contributed by atoms with Crippen LogP contribution in [0.2, 0.25) is 0 Å². The van der Waals surface area contributed by atoms with Crippen LogP contribution in [0.1, 0.15) is 36.1 Å². The second-order valence-electron chi connectivity index (χ2n) is 7.02. The topological polar surface area (TPSA) is 48.5 Å². The number of aromatic nitrogens is 1. The summed E-state index contributed by atoms with van der Waals surface area (Å²) in [4.78, 5) is 22.5. The minimum atomic E-state index is -0.209. The summed E-state index contributed by atoms with van der Waals surface area (Å²) >= 11 is 1.68. The number of likely N-dealkylation sites (N-methyl/N-ethyl adjacent to an activating group) is 1. The maximum atomic E-state index is 12.6. The molecule has 2 aromatic rings. The smallest absolute Gasteiger partial charge is 0.241 e. The van der Waals surface area contributed by atoms with Crippen LogP contribution >= 0.6 is 11.3 Å². The molecule has 3 rings (SSSR count). The summed E-state index contributed by atoms with van der Waals surface area (Å²) in [6.07, 6.45) is 5.75. The minimum absolute atomic E-state index is 0.0134. The van der Waals surface area contributed by atoms with Gasteiger partial charge in [0.25, 0.3) is 0 Å². The zero-order valence-electron chi connectivity index (χ0n) is 15.9. The Labute approximate surface area is 160 Å². The number of carbonyl (C=O) groups is 1. The highest BCUT2D eigenvalue weighted by molar-refractivity contribution is 7.11. The number of carbonyl (C=O) groups excluding carboxylic acids is 1. The van der Waals surface area contributed by atoms with Gasteiger partial charge >= 0.3 is 0 Å². The summed E-state index contributed by atoms with van der Waals surface area (Å²) in [5.41, 5.74) is 2.10. The van der Waals surface area contributed by atoms with Crippen molar-refractivity contribution in [3.8, 4) is 0 Å². The van der Waals surface area contributed by atoms with Gasteiger partial charge in [-0.15, -0.1) is 11.3 Å². The van der Waals surface area contributed by atoms with E-state index in [1.165, 1.54) is 29.8 Å². The van der Waals surface area contributed by atoms with Crippen molar-refractivity contribution in [3.63, 3.8) is 0 Å². The van der Waals surface area contributed by atoms with Crippen molar-refractivity contribution in [2.75, 3.05) is 30.4 Å². The molecule has 0 aliphatic carbocycles. The van der Waals surface area contributed by atoms with Gasteiger partial charge in [-0.25, -0.2) is 4.98 Å². The standard InChI is InChI=1S/C20H28N4OS/c1-15(23(3)14-19-13-21-16(2)26-19)20(25)22-17-7-9-18(10-8-17)24-11-5-4-6-12-24/h7-10,13,15H,4-6,11-12,14H2,1-3H3,(H,22,25). The average Bonchev–Trinajstić information content (AvgIpc) is 3.07. The first-order chi connectivity index (χ1) is 12.5. The molecule has 2 heterocycles. The summed E-state index contributed by atoms with van der Waals surface area (Å²) in [6, 6.07) is 8.01. The number of thiazole rings is 1. The first-order valence-corrected chi connectivity index (χ1v) is 10.1. The summed E-state index contributed by atoms with van der Waals surface area (Å²) in [5, 5.41) is 4.09. The van der Waals surface area contributed by atoms with Crippen molar-refractivity contribution in [1.82, 2.24) is 9.88 Å². The Kier molecular flexibility index (Phi) is 6.27. The predicted octanol–water partition coefficient (Wildman–Crippen LogP) is 3.90. The van der Waals surface area contributed by atoms with Crippen molar-refractivity contribution in [2.45, 2.75) is 45.7 Å². The highest BCUT2D eigenvalue weighted by Crippen LogP contribution is 2.22. The molecule has 1 N–H and O–H groups in total. The van der Waals surface area contributed by atoms with Crippen LogP contribution in [-0.4, -0.2) is 42.0 Å². The number of piperidine rings is 1. The SMILES string of the molecule is Cc1ncc(CN(C)C(C)C(=O)Nc2ccc(N3CCCCC3)cc2)s1. The molecule has 1 fully saturated rings. The van der Waals surface area contributed by atoms with Crippen LogP contribution in [-0.2, 0) is 11.3 Å². The van der Waals surface area contributed by atoms with E-state index in [1.807, 2.05) is 44.1 Å².